The molecule has 124 valence electrons. The van der Waals surface area contributed by atoms with Crippen LogP contribution in [0.4, 0.5) is 18.0 Å². The molecule has 2 atom stereocenters. The molecule has 1 rings (SSSR count). The Labute approximate surface area is 123 Å². The number of aliphatic hydroxyl groups excluding tert-OH is 1. The molecule has 8 heteroatoms. The lowest BCUT2D eigenvalue weighted by Gasteiger charge is -2.40. The number of urea groups is 1. The van der Waals surface area contributed by atoms with Gasteiger partial charge in [0.05, 0.1) is 6.54 Å². The van der Waals surface area contributed by atoms with Gasteiger partial charge in [0.1, 0.15) is 0 Å². The van der Waals surface area contributed by atoms with Crippen LogP contribution in [0.25, 0.3) is 0 Å². The number of carbonyl (C=O) groups is 1. The molecule has 1 aliphatic heterocycles. The summed E-state index contributed by atoms with van der Waals surface area (Å²) in [5.74, 6) is 0. The SMILES string of the molecule is CC(CCCO)NC(=O)N1CCN(CC(F)(F)F)C(C)C1. The van der Waals surface area contributed by atoms with E-state index in [9.17, 15) is 18.0 Å². The first kappa shape index (κ1) is 18.0. The Morgan fingerprint density at radius 3 is 2.62 bits per heavy atom. The number of aliphatic hydroxyl groups is 1. The molecule has 0 aliphatic carbocycles. The molecule has 0 aromatic carbocycles. The summed E-state index contributed by atoms with van der Waals surface area (Å²) < 4.78 is 37.2. The normalized spacial score (nSPS) is 22.2. The van der Waals surface area contributed by atoms with Gasteiger partial charge in [0.15, 0.2) is 0 Å². The molecule has 0 radical (unpaired) electrons. The third-order valence-corrected chi connectivity index (χ3v) is 3.60. The largest absolute Gasteiger partial charge is 0.401 e. The second-order valence-electron chi connectivity index (χ2n) is 5.60. The smallest absolute Gasteiger partial charge is 0.396 e. The van der Waals surface area contributed by atoms with E-state index in [1.807, 2.05) is 6.92 Å². The van der Waals surface area contributed by atoms with Gasteiger partial charge >= 0.3 is 12.2 Å². The van der Waals surface area contributed by atoms with Crippen LogP contribution in [0.1, 0.15) is 26.7 Å². The molecular weight excluding hydrogens is 287 g/mol. The van der Waals surface area contributed by atoms with Crippen LogP contribution in [-0.2, 0) is 0 Å². The zero-order chi connectivity index (χ0) is 16.0. The monoisotopic (exact) mass is 311 g/mol. The lowest BCUT2D eigenvalue weighted by Crippen LogP contribution is -2.58. The van der Waals surface area contributed by atoms with Gasteiger partial charge in [0, 0.05) is 38.3 Å². The molecule has 0 spiro atoms. The van der Waals surface area contributed by atoms with Crippen molar-refractivity contribution in [2.45, 2.75) is 44.9 Å². The third kappa shape index (κ3) is 6.52. The molecule has 1 aliphatic rings. The fraction of sp³-hybridized carbons (Fsp3) is 0.923. The Morgan fingerprint density at radius 1 is 1.43 bits per heavy atom. The molecular formula is C13H24F3N3O2. The molecule has 1 fully saturated rings. The van der Waals surface area contributed by atoms with Gasteiger partial charge in [-0.05, 0) is 26.7 Å². The van der Waals surface area contributed by atoms with Crippen molar-refractivity contribution in [1.82, 2.24) is 15.1 Å². The molecule has 2 amide bonds. The summed E-state index contributed by atoms with van der Waals surface area (Å²) in [4.78, 5) is 14.9. The van der Waals surface area contributed by atoms with Crippen molar-refractivity contribution in [3.05, 3.63) is 0 Å². The fourth-order valence-corrected chi connectivity index (χ4v) is 2.42. The number of nitrogens with zero attached hydrogens (tertiary/aromatic N) is 2. The molecule has 1 heterocycles. The van der Waals surface area contributed by atoms with E-state index in [-0.39, 0.29) is 37.8 Å². The van der Waals surface area contributed by atoms with Crippen molar-refractivity contribution in [2.24, 2.45) is 0 Å². The van der Waals surface area contributed by atoms with Gasteiger partial charge in [0.25, 0.3) is 0 Å². The van der Waals surface area contributed by atoms with Gasteiger partial charge in [-0.1, -0.05) is 0 Å². The number of nitrogens with one attached hydrogen (secondary N) is 1. The number of hydrogen-bond donors (Lipinski definition) is 2. The maximum Gasteiger partial charge on any atom is 0.401 e. The molecule has 0 aromatic heterocycles. The van der Waals surface area contributed by atoms with Crippen LogP contribution < -0.4 is 5.32 Å². The van der Waals surface area contributed by atoms with Crippen LogP contribution in [0.2, 0.25) is 0 Å². The number of rotatable bonds is 5. The van der Waals surface area contributed by atoms with E-state index in [0.717, 1.165) is 0 Å². The van der Waals surface area contributed by atoms with E-state index in [0.29, 0.717) is 19.4 Å². The lowest BCUT2D eigenvalue weighted by molar-refractivity contribution is -0.153. The van der Waals surface area contributed by atoms with E-state index >= 15 is 0 Å². The van der Waals surface area contributed by atoms with Crippen molar-refractivity contribution < 1.29 is 23.1 Å². The highest BCUT2D eigenvalue weighted by Crippen LogP contribution is 2.20. The Balaban J connectivity index is 2.41. The summed E-state index contributed by atoms with van der Waals surface area (Å²) in [7, 11) is 0. The molecule has 2 unspecified atom stereocenters. The average molecular weight is 311 g/mol. The van der Waals surface area contributed by atoms with Crippen molar-refractivity contribution >= 4 is 6.03 Å². The zero-order valence-electron chi connectivity index (χ0n) is 12.5. The number of carbonyl (C=O) groups excluding carboxylic acids is 1. The zero-order valence-corrected chi connectivity index (χ0v) is 12.5. The standard InChI is InChI=1S/C13H24F3N3O2/c1-10(4-3-7-20)17-12(21)18-5-6-19(11(2)8-18)9-13(14,15)16/h10-11,20H,3-9H2,1-2H3,(H,17,21). The highest BCUT2D eigenvalue weighted by Gasteiger charge is 2.36. The van der Waals surface area contributed by atoms with Crippen LogP contribution in [-0.4, -0.2) is 72.0 Å². The maximum absolute atomic E-state index is 12.4. The number of halogens is 3. The van der Waals surface area contributed by atoms with Gasteiger partial charge < -0.3 is 15.3 Å². The minimum absolute atomic E-state index is 0.0619. The second-order valence-corrected chi connectivity index (χ2v) is 5.60. The first-order valence-electron chi connectivity index (χ1n) is 7.20. The molecule has 0 aromatic rings. The molecule has 21 heavy (non-hydrogen) atoms. The van der Waals surface area contributed by atoms with E-state index in [1.54, 1.807) is 11.8 Å². The van der Waals surface area contributed by atoms with E-state index in [2.05, 4.69) is 5.32 Å². The fourth-order valence-electron chi connectivity index (χ4n) is 2.42. The summed E-state index contributed by atoms with van der Waals surface area (Å²) >= 11 is 0. The molecule has 1 saturated heterocycles. The van der Waals surface area contributed by atoms with Crippen LogP contribution in [0.5, 0.6) is 0 Å². The summed E-state index contributed by atoms with van der Waals surface area (Å²) in [6, 6.07) is -0.633. The first-order chi connectivity index (χ1) is 9.73. The summed E-state index contributed by atoms with van der Waals surface area (Å²) in [5, 5.41) is 11.5. The van der Waals surface area contributed by atoms with Crippen molar-refractivity contribution in [3.63, 3.8) is 0 Å². The first-order valence-corrected chi connectivity index (χ1v) is 7.20. The van der Waals surface area contributed by atoms with Gasteiger partial charge in [-0.2, -0.15) is 13.2 Å². The highest BCUT2D eigenvalue weighted by molar-refractivity contribution is 5.74. The lowest BCUT2D eigenvalue weighted by atomic mass is 10.2. The Morgan fingerprint density at radius 2 is 2.10 bits per heavy atom. The predicted molar refractivity (Wildman–Crippen MR) is 73.0 cm³/mol. The van der Waals surface area contributed by atoms with E-state index in [4.69, 9.17) is 5.11 Å². The molecule has 2 N–H and O–H groups in total. The third-order valence-electron chi connectivity index (χ3n) is 3.60. The Bertz CT molecular complexity index is 339. The minimum Gasteiger partial charge on any atom is -0.396 e. The Hall–Kier alpha value is -1.02. The van der Waals surface area contributed by atoms with Crippen LogP contribution in [0.3, 0.4) is 0 Å². The highest BCUT2D eigenvalue weighted by atomic mass is 19.4. The number of amides is 2. The van der Waals surface area contributed by atoms with Gasteiger partial charge in [-0.15, -0.1) is 0 Å². The molecule has 0 saturated carbocycles. The number of piperazine rings is 1. The van der Waals surface area contributed by atoms with Crippen molar-refractivity contribution in [1.29, 1.82) is 0 Å². The van der Waals surface area contributed by atoms with Gasteiger partial charge in [-0.3, -0.25) is 4.90 Å². The Kier molecular flexibility index (Phi) is 6.73. The predicted octanol–water partition coefficient (Wildman–Crippen LogP) is 1.43. The van der Waals surface area contributed by atoms with Crippen molar-refractivity contribution in [2.75, 3.05) is 32.8 Å². The van der Waals surface area contributed by atoms with Crippen LogP contribution in [0, 0.1) is 0 Å². The molecule has 0 bridgehead atoms. The van der Waals surface area contributed by atoms with Crippen molar-refractivity contribution in [3.8, 4) is 0 Å². The summed E-state index contributed by atoms with van der Waals surface area (Å²) in [5.41, 5.74) is 0. The summed E-state index contributed by atoms with van der Waals surface area (Å²) in [6.45, 7) is 3.48. The quantitative estimate of drug-likeness (QED) is 0.807. The van der Waals surface area contributed by atoms with E-state index < -0.39 is 12.7 Å². The number of hydrogen-bond acceptors (Lipinski definition) is 3. The van der Waals surface area contributed by atoms with Crippen LogP contribution >= 0.6 is 0 Å². The second kappa shape index (κ2) is 7.84. The maximum atomic E-state index is 12.4. The molecule has 5 nitrogen and oxygen atoms in total. The average Bonchev–Trinajstić information content (AvgIpc) is 2.37. The topological polar surface area (TPSA) is 55.8 Å². The summed E-state index contributed by atoms with van der Waals surface area (Å²) in [6.07, 6.45) is -2.93. The number of alkyl halides is 3. The van der Waals surface area contributed by atoms with Crippen LogP contribution in [0.15, 0.2) is 0 Å². The van der Waals surface area contributed by atoms with Gasteiger partial charge in [-0.25, -0.2) is 4.79 Å². The van der Waals surface area contributed by atoms with Gasteiger partial charge in [0.2, 0.25) is 0 Å². The van der Waals surface area contributed by atoms with E-state index in [1.165, 1.54) is 4.90 Å². The minimum atomic E-state index is -4.21.